The summed E-state index contributed by atoms with van der Waals surface area (Å²) in [6.07, 6.45) is 3.18. The van der Waals surface area contributed by atoms with Crippen LogP contribution in [0.2, 0.25) is 0 Å². The van der Waals surface area contributed by atoms with Crippen molar-refractivity contribution < 1.29 is 9.90 Å². The number of carboxylic acids is 1. The second kappa shape index (κ2) is 6.48. The van der Waals surface area contributed by atoms with Crippen LogP contribution in [-0.4, -0.2) is 16.1 Å². The first-order chi connectivity index (χ1) is 7.04. The maximum Gasteiger partial charge on any atom is 0.337 e. The lowest BCUT2D eigenvalue weighted by atomic mass is 10.0. The molecule has 3 nitrogen and oxygen atoms in total. The number of halogens is 1. The number of hydrogen-bond acceptors (Lipinski definition) is 2. The fourth-order valence-corrected chi connectivity index (χ4v) is 1.53. The van der Waals surface area contributed by atoms with E-state index in [1.807, 2.05) is 6.92 Å². The summed E-state index contributed by atoms with van der Waals surface area (Å²) in [6.45, 7) is 6.28. The van der Waals surface area contributed by atoms with E-state index < -0.39 is 5.97 Å². The molecule has 1 N–H and O–H groups in total. The maximum atomic E-state index is 10.8. The van der Waals surface area contributed by atoms with Crippen molar-refractivity contribution in [1.82, 2.24) is 4.98 Å². The second-order valence-electron chi connectivity index (χ2n) is 4.09. The lowest BCUT2D eigenvalue weighted by Crippen LogP contribution is -2.06. The zero-order chi connectivity index (χ0) is 11.4. The number of carboxylic acid groups (broad SMARTS) is 1. The normalized spacial score (nSPS) is 10.0. The van der Waals surface area contributed by atoms with E-state index in [9.17, 15) is 4.79 Å². The van der Waals surface area contributed by atoms with Gasteiger partial charge in [0.25, 0.3) is 0 Å². The lowest BCUT2D eigenvalue weighted by molar-refractivity contribution is 0.0696. The third kappa shape index (κ3) is 3.81. The van der Waals surface area contributed by atoms with Gasteiger partial charge in [-0.1, -0.05) is 20.8 Å². The van der Waals surface area contributed by atoms with E-state index in [2.05, 4.69) is 18.8 Å². The highest BCUT2D eigenvalue weighted by Gasteiger charge is 2.09. The van der Waals surface area contributed by atoms with Crippen LogP contribution >= 0.6 is 12.4 Å². The number of hydrogen-bond donors (Lipinski definition) is 1. The number of aromatic nitrogens is 1. The average molecular weight is 244 g/mol. The summed E-state index contributed by atoms with van der Waals surface area (Å²) in [5.74, 6) is -0.369. The zero-order valence-corrected chi connectivity index (χ0v) is 10.7. The van der Waals surface area contributed by atoms with Crippen molar-refractivity contribution in [2.75, 3.05) is 0 Å². The van der Waals surface area contributed by atoms with Crippen LogP contribution in [0, 0.1) is 5.92 Å². The lowest BCUT2D eigenvalue weighted by Gasteiger charge is -2.09. The summed E-state index contributed by atoms with van der Waals surface area (Å²) in [5.41, 5.74) is 2.35. The summed E-state index contributed by atoms with van der Waals surface area (Å²) >= 11 is 0. The van der Waals surface area contributed by atoms with Gasteiger partial charge in [0.1, 0.15) is 0 Å². The Labute approximate surface area is 102 Å². The third-order valence-electron chi connectivity index (χ3n) is 2.29. The molecule has 0 aliphatic heterocycles. The Kier molecular flexibility index (Phi) is 6.04. The van der Waals surface area contributed by atoms with E-state index in [-0.39, 0.29) is 18.0 Å². The Hall–Kier alpha value is -1.09. The van der Waals surface area contributed by atoms with Gasteiger partial charge in [0.05, 0.1) is 5.56 Å². The largest absolute Gasteiger partial charge is 0.478 e. The number of aromatic carboxylic acids is 1. The first-order valence-corrected chi connectivity index (χ1v) is 5.25. The van der Waals surface area contributed by atoms with E-state index >= 15 is 0 Å². The Morgan fingerprint density at radius 3 is 2.56 bits per heavy atom. The van der Waals surface area contributed by atoms with Crippen LogP contribution < -0.4 is 0 Å². The third-order valence-corrected chi connectivity index (χ3v) is 2.29. The van der Waals surface area contributed by atoms with Gasteiger partial charge in [-0.15, -0.1) is 12.4 Å². The van der Waals surface area contributed by atoms with Crippen molar-refractivity contribution in [1.29, 1.82) is 0 Å². The van der Waals surface area contributed by atoms with Gasteiger partial charge >= 0.3 is 5.97 Å². The molecule has 0 atom stereocenters. The van der Waals surface area contributed by atoms with Gasteiger partial charge in [-0.25, -0.2) is 4.79 Å². The van der Waals surface area contributed by atoms with Crippen molar-refractivity contribution in [2.24, 2.45) is 5.92 Å². The van der Waals surface area contributed by atoms with Crippen molar-refractivity contribution in [3.8, 4) is 0 Å². The van der Waals surface area contributed by atoms with Crippen LogP contribution in [0.15, 0.2) is 12.3 Å². The molecule has 4 heteroatoms. The standard InChI is InChI=1S/C12H17NO2.ClH/c1-4-9-6-10(12(14)15)7-13-11(9)5-8(2)3;/h6-8H,4-5H2,1-3H3,(H,14,15);1H. The molecule has 0 unspecified atom stereocenters. The summed E-state index contributed by atoms with van der Waals surface area (Å²) < 4.78 is 0. The Morgan fingerprint density at radius 2 is 2.12 bits per heavy atom. The van der Waals surface area contributed by atoms with Crippen LogP contribution in [0.4, 0.5) is 0 Å². The van der Waals surface area contributed by atoms with Crippen LogP contribution in [0.5, 0.6) is 0 Å². The molecule has 0 radical (unpaired) electrons. The van der Waals surface area contributed by atoms with Crippen LogP contribution in [0.1, 0.15) is 42.4 Å². The zero-order valence-electron chi connectivity index (χ0n) is 9.86. The molecule has 0 aliphatic carbocycles. The number of rotatable bonds is 4. The van der Waals surface area contributed by atoms with E-state index in [1.165, 1.54) is 6.20 Å². The van der Waals surface area contributed by atoms with E-state index in [0.717, 1.165) is 24.1 Å². The Morgan fingerprint density at radius 1 is 1.50 bits per heavy atom. The summed E-state index contributed by atoms with van der Waals surface area (Å²) in [5, 5.41) is 8.84. The van der Waals surface area contributed by atoms with Crippen LogP contribution in [0.3, 0.4) is 0 Å². The minimum atomic E-state index is -0.909. The van der Waals surface area contributed by atoms with Gasteiger partial charge in [0, 0.05) is 11.9 Å². The molecule has 0 fully saturated rings. The summed E-state index contributed by atoms with van der Waals surface area (Å²) in [6, 6.07) is 1.73. The molecule has 16 heavy (non-hydrogen) atoms. The van der Waals surface area contributed by atoms with Gasteiger partial charge in [0.15, 0.2) is 0 Å². The van der Waals surface area contributed by atoms with Gasteiger partial charge in [0.2, 0.25) is 0 Å². The molecule has 1 heterocycles. The number of pyridine rings is 1. The van der Waals surface area contributed by atoms with Gasteiger partial charge in [-0.3, -0.25) is 4.98 Å². The first-order valence-electron chi connectivity index (χ1n) is 5.25. The highest BCUT2D eigenvalue weighted by molar-refractivity contribution is 5.87. The molecular weight excluding hydrogens is 226 g/mol. The number of nitrogens with zero attached hydrogens (tertiary/aromatic N) is 1. The molecule has 0 bridgehead atoms. The van der Waals surface area contributed by atoms with Gasteiger partial charge in [-0.05, 0) is 30.4 Å². The Bertz CT molecular complexity index is 364. The number of carbonyl (C=O) groups is 1. The van der Waals surface area contributed by atoms with E-state index in [4.69, 9.17) is 5.11 Å². The molecule has 0 aliphatic rings. The number of aryl methyl sites for hydroxylation is 1. The van der Waals surface area contributed by atoms with Gasteiger partial charge in [-0.2, -0.15) is 0 Å². The molecule has 90 valence electrons. The minimum absolute atomic E-state index is 0. The predicted molar refractivity (Wildman–Crippen MR) is 66.4 cm³/mol. The van der Waals surface area contributed by atoms with Gasteiger partial charge < -0.3 is 5.11 Å². The Balaban J connectivity index is 0.00000225. The molecule has 0 saturated heterocycles. The van der Waals surface area contributed by atoms with Crippen molar-refractivity contribution in [2.45, 2.75) is 33.6 Å². The smallest absolute Gasteiger partial charge is 0.337 e. The molecule has 1 aromatic heterocycles. The molecule has 0 saturated carbocycles. The molecular formula is C12H18ClNO2. The van der Waals surface area contributed by atoms with Crippen LogP contribution in [0.25, 0.3) is 0 Å². The van der Waals surface area contributed by atoms with E-state index in [1.54, 1.807) is 6.07 Å². The monoisotopic (exact) mass is 243 g/mol. The van der Waals surface area contributed by atoms with Crippen molar-refractivity contribution >= 4 is 18.4 Å². The van der Waals surface area contributed by atoms with Crippen molar-refractivity contribution in [3.05, 3.63) is 29.1 Å². The molecule has 0 amide bonds. The highest BCUT2D eigenvalue weighted by Crippen LogP contribution is 2.14. The molecule has 0 aromatic carbocycles. The SMILES string of the molecule is CCc1cc(C(=O)O)cnc1CC(C)C.Cl. The summed E-state index contributed by atoms with van der Waals surface area (Å²) in [7, 11) is 0. The quantitative estimate of drug-likeness (QED) is 0.885. The molecule has 1 aromatic rings. The summed E-state index contributed by atoms with van der Waals surface area (Å²) in [4.78, 5) is 15.0. The fourth-order valence-electron chi connectivity index (χ4n) is 1.53. The van der Waals surface area contributed by atoms with E-state index in [0.29, 0.717) is 5.92 Å². The topological polar surface area (TPSA) is 50.2 Å². The highest BCUT2D eigenvalue weighted by atomic mass is 35.5. The van der Waals surface area contributed by atoms with Crippen LogP contribution in [-0.2, 0) is 12.8 Å². The first kappa shape index (κ1) is 14.9. The minimum Gasteiger partial charge on any atom is -0.478 e. The molecule has 0 spiro atoms. The maximum absolute atomic E-state index is 10.8. The molecule has 1 rings (SSSR count). The van der Waals surface area contributed by atoms with Crippen molar-refractivity contribution in [3.63, 3.8) is 0 Å². The average Bonchev–Trinajstić information content (AvgIpc) is 2.17. The second-order valence-corrected chi connectivity index (χ2v) is 4.09. The predicted octanol–water partition coefficient (Wildman–Crippen LogP) is 2.96. The fraction of sp³-hybridized carbons (Fsp3) is 0.500.